The fourth-order valence-electron chi connectivity index (χ4n) is 7.54. The molecule has 56 heavy (non-hydrogen) atoms. The number of benzene rings is 7. The van der Waals surface area contributed by atoms with Gasteiger partial charge in [0.25, 0.3) is 0 Å². The molecule has 0 radical (unpaired) electrons. The fraction of sp³-hybridized carbons (Fsp3) is 0.140. The average molecular weight is 733 g/mol. The van der Waals surface area contributed by atoms with Crippen LogP contribution in [0.2, 0.25) is 0 Å². The maximum atomic E-state index is 6.66. The van der Waals surface area contributed by atoms with Gasteiger partial charge in [-0.1, -0.05) is 91.0 Å². The van der Waals surface area contributed by atoms with E-state index in [0.717, 1.165) is 50.8 Å². The zero-order chi connectivity index (χ0) is 38.3. The van der Waals surface area contributed by atoms with Gasteiger partial charge in [0.15, 0.2) is 0 Å². The molecule has 1 aromatic heterocycles. The van der Waals surface area contributed by atoms with Gasteiger partial charge in [0.2, 0.25) is 11.6 Å². The molecule has 1 unspecified atom stereocenters. The number of anilines is 3. The van der Waals surface area contributed by atoms with Crippen LogP contribution in [0.5, 0.6) is 5.75 Å². The Balaban J connectivity index is 0.958. The first kappa shape index (κ1) is 35.1. The van der Waals surface area contributed by atoms with Crippen molar-refractivity contribution in [3.05, 3.63) is 187 Å². The summed E-state index contributed by atoms with van der Waals surface area (Å²) in [7, 11) is 1.78. The standard InChI is InChI=1S/C50H44N4O2/c1-49(2,3)55-43-32-22-36(23-33-43)35-18-20-37(21-19-35)48(51-4)56-50(34-52-50)38-24-26-40(27-25-38)53(39-12-6-5-7-13-39)41-28-30-42(31-29-41)54-46-16-10-8-14-44(46)45-15-9-11-17-47(45)54/h5-33,52H,34H2,1-4H3. The zero-order valence-corrected chi connectivity index (χ0v) is 32.1. The Hall–Kier alpha value is -6.63. The Kier molecular flexibility index (Phi) is 8.91. The summed E-state index contributed by atoms with van der Waals surface area (Å²) in [5.41, 5.74) is 10.1. The van der Waals surface area contributed by atoms with Crippen molar-refractivity contribution in [2.45, 2.75) is 32.1 Å². The van der Waals surface area contributed by atoms with Crippen LogP contribution in [0.15, 0.2) is 181 Å². The Morgan fingerprint density at radius 1 is 0.607 bits per heavy atom. The van der Waals surface area contributed by atoms with Gasteiger partial charge in [-0.2, -0.15) is 0 Å². The lowest BCUT2D eigenvalue weighted by Gasteiger charge is -2.26. The highest BCUT2D eigenvalue weighted by molar-refractivity contribution is 6.09. The van der Waals surface area contributed by atoms with E-state index in [9.17, 15) is 0 Å². The maximum Gasteiger partial charge on any atom is 0.217 e. The van der Waals surface area contributed by atoms with E-state index in [0.29, 0.717) is 12.4 Å². The number of aromatic nitrogens is 1. The molecule has 0 aliphatic carbocycles. The van der Waals surface area contributed by atoms with E-state index < -0.39 is 5.72 Å². The van der Waals surface area contributed by atoms with Crippen LogP contribution in [0, 0.1) is 0 Å². The third kappa shape index (κ3) is 6.80. The van der Waals surface area contributed by atoms with Gasteiger partial charge in [-0.3, -0.25) is 10.3 Å². The van der Waals surface area contributed by atoms with Crippen LogP contribution in [0.25, 0.3) is 38.6 Å². The normalized spacial score (nSPS) is 15.5. The van der Waals surface area contributed by atoms with Crippen molar-refractivity contribution < 1.29 is 9.47 Å². The first-order chi connectivity index (χ1) is 27.3. The first-order valence-corrected chi connectivity index (χ1v) is 19.1. The van der Waals surface area contributed by atoms with E-state index in [1.54, 1.807) is 7.05 Å². The molecule has 1 aliphatic heterocycles. The van der Waals surface area contributed by atoms with Gasteiger partial charge >= 0.3 is 0 Å². The molecule has 0 saturated carbocycles. The zero-order valence-electron chi connectivity index (χ0n) is 32.1. The van der Waals surface area contributed by atoms with Crippen molar-refractivity contribution in [2.75, 3.05) is 18.5 Å². The van der Waals surface area contributed by atoms with Gasteiger partial charge in [-0.25, -0.2) is 0 Å². The third-order valence-corrected chi connectivity index (χ3v) is 10.3. The van der Waals surface area contributed by atoms with E-state index in [1.807, 2.05) is 12.1 Å². The van der Waals surface area contributed by atoms with Crippen molar-refractivity contribution in [3.8, 4) is 22.6 Å². The van der Waals surface area contributed by atoms with Crippen molar-refractivity contribution in [1.29, 1.82) is 0 Å². The van der Waals surface area contributed by atoms with Gasteiger partial charge in [-0.05, 0) is 117 Å². The largest absolute Gasteiger partial charge is 0.488 e. The van der Waals surface area contributed by atoms with Gasteiger partial charge in [0.1, 0.15) is 11.4 Å². The highest BCUT2D eigenvalue weighted by Gasteiger charge is 2.48. The van der Waals surface area contributed by atoms with Crippen LogP contribution in [0.4, 0.5) is 17.1 Å². The molecule has 1 aliphatic rings. The smallest absolute Gasteiger partial charge is 0.217 e. The molecule has 1 saturated heterocycles. The molecule has 1 fully saturated rings. The van der Waals surface area contributed by atoms with Crippen LogP contribution >= 0.6 is 0 Å². The fourth-order valence-corrected chi connectivity index (χ4v) is 7.54. The summed E-state index contributed by atoms with van der Waals surface area (Å²) in [6, 6.07) is 61.8. The number of aliphatic imine (C=N–C) groups is 1. The minimum absolute atomic E-state index is 0.235. The lowest BCUT2D eigenvalue weighted by atomic mass is 10.0. The molecule has 9 rings (SSSR count). The molecule has 0 amide bonds. The Morgan fingerprint density at radius 3 is 1.64 bits per heavy atom. The summed E-state index contributed by atoms with van der Waals surface area (Å²) in [5, 5.41) is 5.99. The summed E-state index contributed by atoms with van der Waals surface area (Å²) in [4.78, 5) is 6.86. The lowest BCUT2D eigenvalue weighted by Crippen LogP contribution is -2.23. The summed E-state index contributed by atoms with van der Waals surface area (Å²) in [6.45, 7) is 6.86. The van der Waals surface area contributed by atoms with Gasteiger partial charge in [0, 0.05) is 51.7 Å². The molecule has 1 N–H and O–H groups in total. The topological polar surface area (TPSA) is 60.9 Å². The number of para-hydroxylation sites is 3. The van der Waals surface area contributed by atoms with E-state index in [4.69, 9.17) is 9.47 Å². The van der Waals surface area contributed by atoms with E-state index >= 15 is 0 Å². The molecular weight excluding hydrogens is 689 g/mol. The number of nitrogens with zero attached hydrogens (tertiary/aromatic N) is 3. The Bertz CT molecular complexity index is 2600. The number of hydrogen-bond acceptors (Lipinski definition) is 5. The Morgan fingerprint density at radius 2 is 1.11 bits per heavy atom. The van der Waals surface area contributed by atoms with E-state index in [2.05, 4.69) is 204 Å². The second-order valence-electron chi connectivity index (χ2n) is 15.2. The number of rotatable bonds is 9. The van der Waals surface area contributed by atoms with Crippen LogP contribution in [0.1, 0.15) is 31.9 Å². The minimum Gasteiger partial charge on any atom is -0.488 e. The van der Waals surface area contributed by atoms with E-state index in [1.165, 1.54) is 21.8 Å². The average Bonchev–Trinajstić information content (AvgIpc) is 3.94. The first-order valence-electron chi connectivity index (χ1n) is 19.1. The van der Waals surface area contributed by atoms with Gasteiger partial charge in [0.05, 0.1) is 17.6 Å². The van der Waals surface area contributed by atoms with Crippen molar-refractivity contribution in [2.24, 2.45) is 4.99 Å². The molecule has 1 atom stereocenters. The summed E-state index contributed by atoms with van der Waals surface area (Å²) >= 11 is 0. The predicted octanol–water partition coefficient (Wildman–Crippen LogP) is 11.9. The highest BCUT2D eigenvalue weighted by atomic mass is 16.5. The quantitative estimate of drug-likeness (QED) is 0.0912. The number of nitrogens with one attached hydrogen (secondary N) is 1. The van der Waals surface area contributed by atoms with Crippen molar-refractivity contribution in [1.82, 2.24) is 9.88 Å². The maximum absolute atomic E-state index is 6.66. The van der Waals surface area contributed by atoms with Crippen LogP contribution in [0.3, 0.4) is 0 Å². The Labute approximate surface area is 328 Å². The molecule has 7 aromatic carbocycles. The van der Waals surface area contributed by atoms with Crippen LogP contribution in [-0.2, 0) is 10.5 Å². The van der Waals surface area contributed by atoms with Crippen LogP contribution in [-0.4, -0.2) is 29.7 Å². The number of hydrogen-bond donors (Lipinski definition) is 1. The predicted molar refractivity (Wildman–Crippen MR) is 231 cm³/mol. The SMILES string of the molecule is CN=C(OC1(c2ccc(N(c3ccccc3)c3ccc(-n4c5ccccc5c5ccccc54)cc3)cc2)CN1)c1ccc(-c2ccc(OC(C)(C)C)cc2)cc1. The second kappa shape index (κ2) is 14.2. The number of ether oxygens (including phenoxy) is 2. The molecule has 6 heteroatoms. The minimum atomic E-state index is -0.642. The molecule has 2 heterocycles. The van der Waals surface area contributed by atoms with Crippen molar-refractivity contribution >= 4 is 44.8 Å². The molecule has 0 bridgehead atoms. The molecule has 8 aromatic rings. The second-order valence-corrected chi connectivity index (χ2v) is 15.2. The third-order valence-electron chi connectivity index (χ3n) is 10.3. The number of fused-ring (bicyclic) bond motifs is 3. The van der Waals surface area contributed by atoms with Crippen LogP contribution < -0.4 is 15.0 Å². The summed E-state index contributed by atoms with van der Waals surface area (Å²) in [5.74, 6) is 1.45. The summed E-state index contributed by atoms with van der Waals surface area (Å²) in [6.07, 6.45) is 0. The van der Waals surface area contributed by atoms with E-state index in [-0.39, 0.29) is 5.60 Å². The summed E-state index contributed by atoms with van der Waals surface area (Å²) < 4.78 is 15.0. The molecule has 6 nitrogen and oxygen atoms in total. The molecular formula is C50H44N4O2. The highest BCUT2D eigenvalue weighted by Crippen LogP contribution is 2.40. The molecule has 276 valence electrons. The van der Waals surface area contributed by atoms with Gasteiger partial charge in [-0.15, -0.1) is 0 Å². The van der Waals surface area contributed by atoms with Crippen molar-refractivity contribution in [3.63, 3.8) is 0 Å². The van der Waals surface area contributed by atoms with Gasteiger partial charge < -0.3 is 18.9 Å². The monoisotopic (exact) mass is 732 g/mol. The lowest BCUT2D eigenvalue weighted by molar-refractivity contribution is 0.131. The molecule has 0 spiro atoms.